The standard InChI is InChI=1S/C16H12Cl3N5OS/c1-24-15(9-2-4-10(17)5-3-9)22-23-16(24)26-8-13(25)21-14-12(19)6-11(18)7-20-14/h2-7H,8H2,1H3,(H,20,21,25). The lowest BCUT2D eigenvalue weighted by Crippen LogP contribution is -2.15. The number of pyridine rings is 1. The Morgan fingerprint density at radius 2 is 1.88 bits per heavy atom. The molecule has 0 saturated heterocycles. The molecular formula is C16H12Cl3N5OS. The van der Waals surface area contributed by atoms with Crippen molar-refractivity contribution in [3.63, 3.8) is 0 Å². The Kier molecular flexibility index (Phi) is 6.03. The third-order valence-corrected chi connectivity index (χ3v) is 5.10. The van der Waals surface area contributed by atoms with Crippen molar-refractivity contribution in [2.45, 2.75) is 5.16 Å². The van der Waals surface area contributed by atoms with Gasteiger partial charge >= 0.3 is 0 Å². The maximum Gasteiger partial charge on any atom is 0.236 e. The van der Waals surface area contributed by atoms with Gasteiger partial charge in [0.2, 0.25) is 5.91 Å². The first-order chi connectivity index (χ1) is 12.4. The van der Waals surface area contributed by atoms with Crippen molar-refractivity contribution in [3.05, 3.63) is 51.6 Å². The summed E-state index contributed by atoms with van der Waals surface area (Å²) in [6, 6.07) is 8.81. The fourth-order valence-electron chi connectivity index (χ4n) is 2.10. The molecule has 6 nitrogen and oxygen atoms in total. The minimum atomic E-state index is -0.261. The second-order valence-electron chi connectivity index (χ2n) is 5.19. The number of halogens is 3. The molecule has 134 valence electrons. The zero-order chi connectivity index (χ0) is 18.7. The van der Waals surface area contributed by atoms with Crippen LogP contribution in [-0.2, 0) is 11.8 Å². The third-order valence-electron chi connectivity index (χ3n) is 3.34. The molecule has 1 N–H and O–H groups in total. The van der Waals surface area contributed by atoms with Crippen LogP contribution in [0, 0.1) is 0 Å². The lowest BCUT2D eigenvalue weighted by atomic mass is 10.2. The number of hydrogen-bond acceptors (Lipinski definition) is 5. The van der Waals surface area contributed by atoms with Gasteiger partial charge in [0.05, 0.1) is 15.8 Å². The molecular weight excluding hydrogens is 417 g/mol. The second kappa shape index (κ2) is 8.26. The lowest BCUT2D eigenvalue weighted by molar-refractivity contribution is -0.113. The van der Waals surface area contributed by atoms with Gasteiger partial charge < -0.3 is 9.88 Å². The zero-order valence-corrected chi connectivity index (χ0v) is 16.5. The molecule has 0 saturated carbocycles. The monoisotopic (exact) mass is 427 g/mol. The zero-order valence-electron chi connectivity index (χ0n) is 13.4. The molecule has 2 aromatic heterocycles. The molecule has 3 aromatic rings. The summed E-state index contributed by atoms with van der Waals surface area (Å²) in [6.07, 6.45) is 1.41. The Balaban J connectivity index is 1.64. The number of thioether (sulfide) groups is 1. The Bertz CT molecular complexity index is 946. The number of rotatable bonds is 5. The lowest BCUT2D eigenvalue weighted by Gasteiger charge is -2.06. The molecule has 0 spiro atoms. The van der Waals surface area contributed by atoms with Crippen LogP contribution in [0.5, 0.6) is 0 Å². The summed E-state index contributed by atoms with van der Waals surface area (Å²) in [5, 5.41) is 12.9. The van der Waals surface area contributed by atoms with E-state index in [2.05, 4.69) is 20.5 Å². The van der Waals surface area contributed by atoms with Crippen LogP contribution in [0.2, 0.25) is 15.1 Å². The molecule has 26 heavy (non-hydrogen) atoms. The van der Waals surface area contributed by atoms with Gasteiger partial charge in [0.25, 0.3) is 0 Å². The van der Waals surface area contributed by atoms with E-state index in [1.807, 2.05) is 23.7 Å². The number of nitrogens with zero attached hydrogens (tertiary/aromatic N) is 4. The van der Waals surface area contributed by atoms with Crippen LogP contribution in [0.15, 0.2) is 41.7 Å². The van der Waals surface area contributed by atoms with E-state index in [1.165, 1.54) is 24.0 Å². The highest BCUT2D eigenvalue weighted by atomic mass is 35.5. The molecule has 0 unspecified atom stereocenters. The number of benzene rings is 1. The van der Waals surface area contributed by atoms with E-state index in [9.17, 15) is 4.79 Å². The number of carbonyl (C=O) groups is 1. The minimum Gasteiger partial charge on any atom is -0.309 e. The molecule has 0 fully saturated rings. The summed E-state index contributed by atoms with van der Waals surface area (Å²) in [5.74, 6) is 0.823. The molecule has 0 aliphatic heterocycles. The second-order valence-corrected chi connectivity index (χ2v) is 7.42. The van der Waals surface area contributed by atoms with Crippen LogP contribution in [0.1, 0.15) is 0 Å². The number of hydrogen-bond donors (Lipinski definition) is 1. The fourth-order valence-corrected chi connectivity index (χ4v) is 3.36. The first-order valence-electron chi connectivity index (χ1n) is 7.33. The van der Waals surface area contributed by atoms with Gasteiger partial charge in [-0.15, -0.1) is 10.2 Å². The van der Waals surface area contributed by atoms with Crippen LogP contribution in [0.25, 0.3) is 11.4 Å². The predicted octanol–water partition coefficient (Wildman–Crippen LogP) is 4.57. The summed E-state index contributed by atoms with van der Waals surface area (Å²) in [4.78, 5) is 16.1. The highest BCUT2D eigenvalue weighted by Gasteiger charge is 2.14. The van der Waals surface area contributed by atoms with Crippen LogP contribution in [0.4, 0.5) is 5.82 Å². The summed E-state index contributed by atoms with van der Waals surface area (Å²) >= 11 is 18.9. The molecule has 0 atom stereocenters. The number of amides is 1. The molecule has 3 rings (SSSR count). The molecule has 1 amide bonds. The van der Waals surface area contributed by atoms with E-state index in [1.54, 1.807) is 12.1 Å². The molecule has 0 aliphatic carbocycles. The largest absolute Gasteiger partial charge is 0.309 e. The van der Waals surface area contributed by atoms with Crippen LogP contribution in [0.3, 0.4) is 0 Å². The average Bonchev–Trinajstić information content (AvgIpc) is 2.97. The van der Waals surface area contributed by atoms with Gasteiger partial charge in [0, 0.05) is 23.8 Å². The Hall–Kier alpha value is -1.80. The average molecular weight is 429 g/mol. The summed E-state index contributed by atoms with van der Waals surface area (Å²) in [6.45, 7) is 0. The van der Waals surface area contributed by atoms with Gasteiger partial charge in [-0.05, 0) is 30.3 Å². The first kappa shape index (κ1) is 19.0. The van der Waals surface area contributed by atoms with E-state index in [0.717, 1.165) is 5.56 Å². The van der Waals surface area contributed by atoms with Gasteiger partial charge in [-0.2, -0.15) is 0 Å². The normalized spacial score (nSPS) is 10.8. The van der Waals surface area contributed by atoms with Crippen molar-refractivity contribution in [1.29, 1.82) is 0 Å². The van der Waals surface area contributed by atoms with Crippen molar-refractivity contribution < 1.29 is 4.79 Å². The van der Waals surface area contributed by atoms with Gasteiger partial charge in [-0.1, -0.05) is 46.6 Å². The summed E-state index contributed by atoms with van der Waals surface area (Å²) < 4.78 is 1.81. The number of aromatic nitrogens is 4. The molecule has 10 heteroatoms. The summed E-state index contributed by atoms with van der Waals surface area (Å²) in [5.41, 5.74) is 0.887. The smallest absolute Gasteiger partial charge is 0.236 e. The number of nitrogens with one attached hydrogen (secondary N) is 1. The molecule has 0 aliphatic rings. The Morgan fingerprint density at radius 1 is 1.15 bits per heavy atom. The van der Waals surface area contributed by atoms with E-state index in [0.29, 0.717) is 21.0 Å². The quantitative estimate of drug-likeness (QED) is 0.603. The predicted molar refractivity (Wildman–Crippen MR) is 105 cm³/mol. The maximum absolute atomic E-state index is 12.1. The van der Waals surface area contributed by atoms with Gasteiger partial charge in [0.1, 0.15) is 0 Å². The van der Waals surface area contributed by atoms with Crippen molar-refractivity contribution in [2.75, 3.05) is 11.1 Å². The Labute approximate surface area is 168 Å². The first-order valence-corrected chi connectivity index (χ1v) is 9.45. The molecule has 0 radical (unpaired) electrons. The maximum atomic E-state index is 12.1. The van der Waals surface area contributed by atoms with Gasteiger partial charge in [0.15, 0.2) is 16.8 Å². The number of carbonyl (C=O) groups excluding carboxylic acids is 1. The van der Waals surface area contributed by atoms with Crippen LogP contribution >= 0.6 is 46.6 Å². The molecule has 0 bridgehead atoms. The topological polar surface area (TPSA) is 72.7 Å². The SMILES string of the molecule is Cn1c(SCC(=O)Nc2ncc(Cl)cc2Cl)nnc1-c1ccc(Cl)cc1. The van der Waals surface area contributed by atoms with Crippen molar-refractivity contribution in [3.8, 4) is 11.4 Å². The van der Waals surface area contributed by atoms with Crippen molar-refractivity contribution >= 4 is 58.3 Å². The molecule has 1 aromatic carbocycles. The number of anilines is 1. The third kappa shape index (κ3) is 4.48. The van der Waals surface area contributed by atoms with E-state index >= 15 is 0 Å². The summed E-state index contributed by atoms with van der Waals surface area (Å²) in [7, 11) is 1.84. The minimum absolute atomic E-state index is 0.132. The fraction of sp³-hybridized carbons (Fsp3) is 0.125. The van der Waals surface area contributed by atoms with Crippen LogP contribution < -0.4 is 5.32 Å². The highest BCUT2D eigenvalue weighted by molar-refractivity contribution is 7.99. The van der Waals surface area contributed by atoms with Crippen molar-refractivity contribution in [2.24, 2.45) is 7.05 Å². The van der Waals surface area contributed by atoms with Gasteiger partial charge in [-0.25, -0.2) is 4.98 Å². The van der Waals surface area contributed by atoms with E-state index in [4.69, 9.17) is 34.8 Å². The van der Waals surface area contributed by atoms with Crippen molar-refractivity contribution in [1.82, 2.24) is 19.7 Å². The van der Waals surface area contributed by atoms with Gasteiger partial charge in [-0.3, -0.25) is 4.79 Å². The van der Waals surface area contributed by atoms with E-state index < -0.39 is 0 Å². The Morgan fingerprint density at radius 3 is 2.58 bits per heavy atom. The van der Waals surface area contributed by atoms with E-state index in [-0.39, 0.29) is 22.5 Å². The highest BCUT2D eigenvalue weighted by Crippen LogP contribution is 2.25. The van der Waals surface area contributed by atoms with Crippen LogP contribution in [-0.4, -0.2) is 31.4 Å². The molecule has 2 heterocycles.